The maximum atomic E-state index is 12.4. The molecule has 0 aromatic carbocycles. The summed E-state index contributed by atoms with van der Waals surface area (Å²) in [5, 5.41) is 3.53. The number of aryl methyl sites for hydroxylation is 1. The van der Waals surface area contributed by atoms with Gasteiger partial charge >= 0.3 is 5.97 Å². The minimum atomic E-state index is -0.304. The predicted octanol–water partition coefficient (Wildman–Crippen LogP) is 5.19. The van der Waals surface area contributed by atoms with Gasteiger partial charge in [-0.3, -0.25) is 4.79 Å². The number of pyridine rings is 1. The van der Waals surface area contributed by atoms with Crippen molar-refractivity contribution in [2.75, 3.05) is 37.0 Å². The molecule has 1 saturated heterocycles. The molecule has 0 amide bonds. The first-order valence-corrected chi connectivity index (χ1v) is 11.5. The highest BCUT2D eigenvalue weighted by atomic mass is 16.5. The Morgan fingerprint density at radius 1 is 1.34 bits per heavy atom. The summed E-state index contributed by atoms with van der Waals surface area (Å²) in [6.07, 6.45) is 8.71. The highest BCUT2D eigenvalue weighted by Crippen LogP contribution is 2.40. The molecule has 1 aromatic rings. The van der Waals surface area contributed by atoms with E-state index in [0.717, 1.165) is 80.8 Å². The van der Waals surface area contributed by atoms with Crippen molar-refractivity contribution in [3.8, 4) is 0 Å². The average molecular weight is 402 g/mol. The normalized spacial score (nSPS) is 22.3. The number of aromatic nitrogens is 1. The van der Waals surface area contributed by atoms with Crippen LogP contribution >= 0.6 is 0 Å². The van der Waals surface area contributed by atoms with Crippen molar-refractivity contribution in [2.24, 2.45) is 17.3 Å². The van der Waals surface area contributed by atoms with E-state index < -0.39 is 0 Å². The number of nitrogens with one attached hydrogen (secondary N) is 1. The van der Waals surface area contributed by atoms with Crippen molar-refractivity contribution in [2.45, 2.75) is 72.1 Å². The molecule has 2 atom stereocenters. The van der Waals surface area contributed by atoms with Gasteiger partial charge in [-0.25, -0.2) is 4.98 Å². The summed E-state index contributed by atoms with van der Waals surface area (Å²) in [7, 11) is 1.52. The minimum Gasteiger partial charge on any atom is -0.469 e. The van der Waals surface area contributed by atoms with E-state index in [1.165, 1.54) is 26.4 Å². The van der Waals surface area contributed by atoms with Gasteiger partial charge in [-0.05, 0) is 56.6 Å². The van der Waals surface area contributed by atoms with Gasteiger partial charge in [0.1, 0.15) is 5.82 Å². The number of methoxy groups -OCH3 is 1. The fourth-order valence-corrected chi connectivity index (χ4v) is 5.14. The third kappa shape index (κ3) is 5.04. The molecule has 162 valence electrons. The summed E-state index contributed by atoms with van der Waals surface area (Å²) in [5.41, 5.74) is 1.80. The summed E-state index contributed by atoms with van der Waals surface area (Å²) >= 11 is 0. The smallest absolute Gasteiger partial charge is 0.311 e. The van der Waals surface area contributed by atoms with Crippen LogP contribution in [0.15, 0.2) is 12.1 Å². The molecule has 0 radical (unpaired) electrons. The highest BCUT2D eigenvalue weighted by Gasteiger charge is 2.40. The Morgan fingerprint density at radius 2 is 2.10 bits per heavy atom. The molecule has 2 heterocycles. The number of esters is 1. The van der Waals surface area contributed by atoms with Crippen LogP contribution in [-0.2, 0) is 9.53 Å². The number of rotatable bonds is 8. The Morgan fingerprint density at radius 3 is 2.76 bits per heavy atom. The second kappa shape index (κ2) is 9.82. The van der Waals surface area contributed by atoms with Crippen LogP contribution in [0.5, 0.6) is 0 Å². The minimum absolute atomic E-state index is 0.0332. The van der Waals surface area contributed by atoms with E-state index >= 15 is 0 Å². The average Bonchev–Trinajstić information content (AvgIpc) is 3.24. The second-order valence-corrected chi connectivity index (χ2v) is 9.19. The number of nitrogens with zero attached hydrogens (tertiary/aromatic N) is 2. The molecule has 1 saturated carbocycles. The topological polar surface area (TPSA) is 54.5 Å². The van der Waals surface area contributed by atoms with E-state index in [0.29, 0.717) is 0 Å². The molecule has 1 aromatic heterocycles. The predicted molar refractivity (Wildman–Crippen MR) is 119 cm³/mol. The molecule has 1 aliphatic carbocycles. The van der Waals surface area contributed by atoms with E-state index in [9.17, 15) is 4.79 Å². The van der Waals surface area contributed by atoms with Crippen molar-refractivity contribution in [3.05, 3.63) is 17.8 Å². The van der Waals surface area contributed by atoms with Crippen LogP contribution in [0.1, 0.15) is 70.9 Å². The Bertz CT molecular complexity index is 685. The lowest BCUT2D eigenvalue weighted by Gasteiger charge is -2.34. The van der Waals surface area contributed by atoms with Gasteiger partial charge in [0.05, 0.1) is 23.9 Å². The molecule has 1 aliphatic heterocycles. The number of carbonyl (C=O) groups excluding carboxylic acids is 1. The molecule has 3 rings (SSSR count). The van der Waals surface area contributed by atoms with Gasteiger partial charge in [0, 0.05) is 19.6 Å². The molecule has 5 heteroatoms. The van der Waals surface area contributed by atoms with E-state index in [1.54, 1.807) is 0 Å². The van der Waals surface area contributed by atoms with Crippen LogP contribution in [0, 0.1) is 24.2 Å². The Labute approximate surface area is 176 Å². The van der Waals surface area contributed by atoms with Gasteiger partial charge in [-0.1, -0.05) is 39.5 Å². The molecule has 2 fully saturated rings. The van der Waals surface area contributed by atoms with E-state index in [2.05, 4.69) is 43.1 Å². The fraction of sp³-hybridized carbons (Fsp3) is 0.750. The van der Waals surface area contributed by atoms with Crippen LogP contribution in [-0.4, -0.2) is 37.7 Å². The summed E-state index contributed by atoms with van der Waals surface area (Å²) in [4.78, 5) is 19.7. The van der Waals surface area contributed by atoms with Crippen LogP contribution < -0.4 is 10.2 Å². The van der Waals surface area contributed by atoms with Gasteiger partial charge in [0.25, 0.3) is 0 Å². The molecule has 2 unspecified atom stereocenters. The fourth-order valence-electron chi connectivity index (χ4n) is 5.14. The maximum Gasteiger partial charge on any atom is 0.311 e. The van der Waals surface area contributed by atoms with Crippen molar-refractivity contribution in [1.82, 2.24) is 4.98 Å². The molecular weight excluding hydrogens is 362 g/mol. The number of carbonyl (C=O) groups is 1. The zero-order chi connectivity index (χ0) is 20.9. The summed E-state index contributed by atoms with van der Waals surface area (Å²) in [6, 6.07) is 4.30. The lowest BCUT2D eigenvalue weighted by molar-refractivity contribution is -0.155. The van der Waals surface area contributed by atoms with Crippen molar-refractivity contribution < 1.29 is 9.53 Å². The molecular formula is C24H39N3O2. The first kappa shape index (κ1) is 21.9. The van der Waals surface area contributed by atoms with Crippen LogP contribution in [0.4, 0.5) is 11.5 Å². The second-order valence-electron chi connectivity index (χ2n) is 9.19. The lowest BCUT2D eigenvalue weighted by atomic mass is 9.72. The monoisotopic (exact) mass is 401 g/mol. The molecule has 0 spiro atoms. The molecule has 0 bridgehead atoms. The zero-order valence-corrected chi connectivity index (χ0v) is 18.8. The van der Waals surface area contributed by atoms with Gasteiger partial charge in [-0.15, -0.1) is 0 Å². The zero-order valence-electron chi connectivity index (χ0n) is 18.8. The summed E-state index contributed by atoms with van der Waals surface area (Å²) < 4.78 is 5.14. The molecule has 1 N–H and O–H groups in total. The van der Waals surface area contributed by atoms with E-state index in [1.807, 2.05) is 0 Å². The standard InChI is InChI=1S/C24H39N3O2/c1-5-18(2)20-11-16-27(17-20)22-10-9-21(19(3)26-22)25-15-14-24(23(28)29-4)12-7-6-8-13-24/h9-10,18,20,25H,5-8,11-17H2,1-4H3. The molecule has 2 aliphatic rings. The molecule has 29 heavy (non-hydrogen) atoms. The van der Waals surface area contributed by atoms with Crippen LogP contribution in [0.2, 0.25) is 0 Å². The number of hydrogen-bond donors (Lipinski definition) is 1. The Kier molecular flexibility index (Phi) is 7.42. The lowest BCUT2D eigenvalue weighted by Crippen LogP contribution is -2.36. The highest BCUT2D eigenvalue weighted by molar-refractivity contribution is 5.76. The van der Waals surface area contributed by atoms with Crippen LogP contribution in [0.3, 0.4) is 0 Å². The number of anilines is 2. The maximum absolute atomic E-state index is 12.4. The van der Waals surface area contributed by atoms with Crippen molar-refractivity contribution in [1.29, 1.82) is 0 Å². The summed E-state index contributed by atoms with van der Waals surface area (Å²) in [6.45, 7) is 9.73. The third-order valence-electron chi connectivity index (χ3n) is 7.42. The van der Waals surface area contributed by atoms with Gasteiger partial charge in [0.15, 0.2) is 0 Å². The number of hydrogen-bond acceptors (Lipinski definition) is 5. The summed E-state index contributed by atoms with van der Waals surface area (Å²) in [5.74, 6) is 2.63. The SMILES string of the molecule is CCC(C)C1CCN(c2ccc(NCCC3(C(=O)OC)CCCCC3)c(C)n2)C1. The Balaban J connectivity index is 1.57. The first-order valence-electron chi connectivity index (χ1n) is 11.5. The first-order chi connectivity index (χ1) is 14.0. The van der Waals surface area contributed by atoms with Crippen molar-refractivity contribution >= 4 is 17.5 Å². The number of ether oxygens (including phenoxy) is 1. The Hall–Kier alpha value is -1.78. The largest absolute Gasteiger partial charge is 0.469 e. The van der Waals surface area contributed by atoms with Crippen LogP contribution in [0.25, 0.3) is 0 Å². The van der Waals surface area contributed by atoms with Gasteiger partial charge < -0.3 is 15.0 Å². The molecule has 5 nitrogen and oxygen atoms in total. The van der Waals surface area contributed by atoms with Gasteiger partial charge in [0.2, 0.25) is 0 Å². The third-order valence-corrected chi connectivity index (χ3v) is 7.42. The van der Waals surface area contributed by atoms with Gasteiger partial charge in [-0.2, -0.15) is 0 Å². The van der Waals surface area contributed by atoms with Crippen molar-refractivity contribution in [3.63, 3.8) is 0 Å². The van der Waals surface area contributed by atoms with E-state index in [4.69, 9.17) is 9.72 Å². The van der Waals surface area contributed by atoms with E-state index in [-0.39, 0.29) is 11.4 Å². The quantitative estimate of drug-likeness (QED) is 0.608.